The summed E-state index contributed by atoms with van der Waals surface area (Å²) in [5, 5.41) is 0. The Kier molecular flexibility index (Phi) is 4.99. The Morgan fingerprint density at radius 3 is 2.17 bits per heavy atom. The first-order chi connectivity index (χ1) is 13.9. The van der Waals surface area contributed by atoms with E-state index in [-0.39, 0.29) is 11.7 Å². The van der Waals surface area contributed by atoms with E-state index in [1.807, 2.05) is 29.8 Å². The lowest BCUT2D eigenvalue weighted by molar-refractivity contribution is 0.0994. The number of aromatic nitrogens is 1. The van der Waals surface area contributed by atoms with Gasteiger partial charge in [0.2, 0.25) is 0 Å². The molecular weight excluding hydrogens is 380 g/mol. The van der Waals surface area contributed by atoms with E-state index in [1.165, 1.54) is 16.9 Å². The van der Waals surface area contributed by atoms with Crippen molar-refractivity contribution in [2.75, 3.05) is 0 Å². The second kappa shape index (κ2) is 7.60. The van der Waals surface area contributed by atoms with Crippen molar-refractivity contribution < 1.29 is 9.59 Å². The van der Waals surface area contributed by atoms with Gasteiger partial charge >= 0.3 is 0 Å². The summed E-state index contributed by atoms with van der Waals surface area (Å²) in [4.78, 5) is 30.2. The molecule has 0 aliphatic heterocycles. The molecule has 1 heterocycles. The van der Waals surface area contributed by atoms with Crippen LogP contribution in [0.3, 0.4) is 0 Å². The van der Waals surface area contributed by atoms with E-state index in [4.69, 9.17) is 0 Å². The maximum atomic E-state index is 12.7. The molecule has 144 valence electrons. The van der Waals surface area contributed by atoms with Crippen molar-refractivity contribution in [2.45, 2.75) is 13.8 Å². The van der Waals surface area contributed by atoms with Gasteiger partial charge in [0, 0.05) is 23.7 Å². The zero-order chi connectivity index (χ0) is 20.5. The fourth-order valence-corrected chi connectivity index (χ4v) is 4.65. The molecule has 3 aromatic carbocycles. The first kappa shape index (κ1) is 19.0. The molecule has 0 unspecified atom stereocenters. The number of hydrogen-bond acceptors (Lipinski definition) is 3. The molecule has 0 N–H and O–H groups in total. The van der Waals surface area contributed by atoms with Crippen LogP contribution in [-0.4, -0.2) is 16.3 Å². The van der Waals surface area contributed by atoms with Gasteiger partial charge in [-0.05, 0) is 43.2 Å². The van der Waals surface area contributed by atoms with Crippen molar-refractivity contribution in [3.8, 4) is 0 Å². The van der Waals surface area contributed by atoms with Gasteiger partial charge in [0.25, 0.3) is 5.91 Å². The monoisotopic (exact) mass is 400 g/mol. The lowest BCUT2D eigenvalue weighted by Crippen LogP contribution is -2.13. The molecular formula is C24H20N2O2S. The Morgan fingerprint density at radius 2 is 1.48 bits per heavy atom. The number of amides is 1. The van der Waals surface area contributed by atoms with Gasteiger partial charge < -0.3 is 4.57 Å². The quantitative estimate of drug-likeness (QED) is 0.463. The van der Waals surface area contributed by atoms with Gasteiger partial charge in [-0.15, -0.1) is 0 Å². The van der Waals surface area contributed by atoms with Crippen molar-refractivity contribution in [1.29, 1.82) is 0 Å². The van der Waals surface area contributed by atoms with Crippen LogP contribution in [0.2, 0.25) is 0 Å². The summed E-state index contributed by atoms with van der Waals surface area (Å²) in [5.74, 6) is -0.386. The average Bonchev–Trinajstić information content (AvgIpc) is 3.03. The Balaban J connectivity index is 1.65. The van der Waals surface area contributed by atoms with Crippen LogP contribution in [0, 0.1) is 13.8 Å². The summed E-state index contributed by atoms with van der Waals surface area (Å²) in [6.07, 6.45) is 0. The number of aryl methyl sites for hydroxylation is 3. The van der Waals surface area contributed by atoms with Gasteiger partial charge in [-0.1, -0.05) is 59.9 Å². The fraction of sp³-hybridized carbons (Fsp3) is 0.125. The second-order valence-corrected chi connectivity index (χ2v) is 8.07. The molecule has 4 nitrogen and oxygen atoms in total. The molecule has 0 fully saturated rings. The van der Waals surface area contributed by atoms with Gasteiger partial charge in [0.05, 0.1) is 10.2 Å². The number of fused-ring (bicyclic) bond motifs is 1. The van der Waals surface area contributed by atoms with Crippen LogP contribution in [0.5, 0.6) is 0 Å². The highest BCUT2D eigenvalue weighted by molar-refractivity contribution is 7.16. The van der Waals surface area contributed by atoms with E-state index < -0.39 is 0 Å². The third-order valence-electron chi connectivity index (χ3n) is 4.86. The molecule has 1 aromatic heterocycles. The molecule has 0 aliphatic rings. The topological polar surface area (TPSA) is 51.4 Å². The normalized spacial score (nSPS) is 11.8. The number of nitrogens with zero attached hydrogens (tertiary/aromatic N) is 2. The molecule has 0 spiro atoms. The Morgan fingerprint density at radius 1 is 0.862 bits per heavy atom. The molecule has 5 heteroatoms. The lowest BCUT2D eigenvalue weighted by Gasteiger charge is -2.02. The number of carbonyl (C=O) groups is 2. The van der Waals surface area contributed by atoms with E-state index in [0.717, 1.165) is 15.8 Å². The van der Waals surface area contributed by atoms with Crippen molar-refractivity contribution >= 4 is 33.2 Å². The standard InChI is InChI=1S/C24H20N2O2S/c1-15-13-16(2)21-20(14-15)29-24(26(21)3)25-23(28)19-11-9-18(10-12-19)22(27)17-7-5-4-6-8-17/h4-14H,1-3H3. The minimum Gasteiger partial charge on any atom is -0.319 e. The Labute approximate surface area is 172 Å². The van der Waals surface area contributed by atoms with Crippen molar-refractivity contribution in [2.24, 2.45) is 12.0 Å². The van der Waals surface area contributed by atoms with Crippen LogP contribution in [0.25, 0.3) is 10.2 Å². The first-order valence-electron chi connectivity index (χ1n) is 9.29. The van der Waals surface area contributed by atoms with E-state index in [0.29, 0.717) is 21.5 Å². The van der Waals surface area contributed by atoms with E-state index in [1.54, 1.807) is 36.4 Å². The van der Waals surface area contributed by atoms with Crippen molar-refractivity contribution in [3.63, 3.8) is 0 Å². The van der Waals surface area contributed by atoms with Gasteiger partial charge in [-0.3, -0.25) is 9.59 Å². The summed E-state index contributed by atoms with van der Waals surface area (Å²) in [6.45, 7) is 4.13. The van der Waals surface area contributed by atoms with E-state index in [2.05, 4.69) is 31.0 Å². The highest BCUT2D eigenvalue weighted by atomic mass is 32.1. The fourth-order valence-electron chi connectivity index (χ4n) is 3.46. The van der Waals surface area contributed by atoms with Gasteiger partial charge in [0.15, 0.2) is 10.6 Å². The predicted octanol–water partition coefficient (Wildman–Crippen LogP) is 4.83. The highest BCUT2D eigenvalue weighted by Crippen LogP contribution is 2.22. The largest absolute Gasteiger partial charge is 0.319 e. The molecule has 0 bridgehead atoms. The molecule has 4 rings (SSSR count). The highest BCUT2D eigenvalue weighted by Gasteiger charge is 2.12. The number of ketones is 1. The Bertz CT molecular complexity index is 1300. The number of hydrogen-bond donors (Lipinski definition) is 0. The van der Waals surface area contributed by atoms with Crippen LogP contribution in [0.4, 0.5) is 0 Å². The molecule has 0 saturated carbocycles. The number of rotatable bonds is 3. The number of carbonyl (C=O) groups excluding carboxylic acids is 2. The third kappa shape index (κ3) is 3.69. The molecule has 0 atom stereocenters. The maximum Gasteiger partial charge on any atom is 0.279 e. The SMILES string of the molecule is Cc1cc(C)c2c(c1)sc(=NC(=O)c1ccc(C(=O)c3ccccc3)cc1)n2C. The van der Waals surface area contributed by atoms with Crippen LogP contribution < -0.4 is 4.80 Å². The summed E-state index contributed by atoms with van der Waals surface area (Å²) >= 11 is 1.50. The minimum atomic E-state index is -0.319. The molecule has 1 amide bonds. The number of thiazole rings is 1. The van der Waals surface area contributed by atoms with Gasteiger partial charge in [-0.2, -0.15) is 4.99 Å². The summed E-state index contributed by atoms with van der Waals surface area (Å²) < 4.78 is 3.07. The maximum absolute atomic E-state index is 12.7. The van der Waals surface area contributed by atoms with Crippen LogP contribution >= 0.6 is 11.3 Å². The summed E-state index contributed by atoms with van der Waals surface area (Å²) in [7, 11) is 1.93. The molecule has 4 aromatic rings. The van der Waals surface area contributed by atoms with Crippen molar-refractivity contribution in [3.05, 3.63) is 99.3 Å². The third-order valence-corrected chi connectivity index (χ3v) is 5.94. The average molecular weight is 401 g/mol. The van der Waals surface area contributed by atoms with Crippen LogP contribution in [-0.2, 0) is 7.05 Å². The lowest BCUT2D eigenvalue weighted by atomic mass is 10.0. The first-order valence-corrected chi connectivity index (χ1v) is 10.1. The zero-order valence-electron chi connectivity index (χ0n) is 16.5. The van der Waals surface area contributed by atoms with Crippen LogP contribution in [0.1, 0.15) is 37.4 Å². The molecule has 29 heavy (non-hydrogen) atoms. The summed E-state index contributed by atoms with van der Waals surface area (Å²) in [5.41, 5.74) is 5.08. The predicted molar refractivity (Wildman–Crippen MR) is 116 cm³/mol. The van der Waals surface area contributed by atoms with Crippen molar-refractivity contribution in [1.82, 2.24) is 4.57 Å². The summed E-state index contributed by atoms with van der Waals surface area (Å²) in [6, 6.07) is 20.0. The Hall–Kier alpha value is -3.31. The zero-order valence-corrected chi connectivity index (χ0v) is 17.3. The second-order valence-electron chi connectivity index (χ2n) is 7.06. The number of benzene rings is 3. The molecule has 0 saturated heterocycles. The van der Waals surface area contributed by atoms with E-state index in [9.17, 15) is 9.59 Å². The minimum absolute atomic E-state index is 0.0664. The van der Waals surface area contributed by atoms with Gasteiger partial charge in [0.1, 0.15) is 0 Å². The van der Waals surface area contributed by atoms with Gasteiger partial charge in [-0.25, -0.2) is 0 Å². The molecule has 0 radical (unpaired) electrons. The molecule has 0 aliphatic carbocycles. The smallest absolute Gasteiger partial charge is 0.279 e. The van der Waals surface area contributed by atoms with Crippen LogP contribution in [0.15, 0.2) is 71.7 Å². The van der Waals surface area contributed by atoms with E-state index >= 15 is 0 Å².